The first kappa shape index (κ1) is 14.8. The van der Waals surface area contributed by atoms with E-state index < -0.39 is 5.91 Å². The second-order valence-corrected chi connectivity index (χ2v) is 6.15. The summed E-state index contributed by atoms with van der Waals surface area (Å²) in [4.78, 5) is 20.1. The van der Waals surface area contributed by atoms with Gasteiger partial charge in [-0.05, 0) is 44.4 Å². The standard InChI is InChI=1S/C15H24N4O/c1-8(2)10-4-6-11(7-5-10)15-18-9(3)12(14(17)20)13(16)19-15/h8,10-11H,4-7H2,1-3H3,(H2,17,20)(H2,16,18,19). The van der Waals surface area contributed by atoms with Crippen LogP contribution in [0.15, 0.2) is 0 Å². The zero-order valence-electron chi connectivity index (χ0n) is 12.5. The Bertz CT molecular complexity index is 482. The van der Waals surface area contributed by atoms with Crippen LogP contribution < -0.4 is 11.5 Å². The van der Waals surface area contributed by atoms with Crippen LogP contribution in [0.3, 0.4) is 0 Å². The fraction of sp³-hybridized carbons (Fsp3) is 0.667. The normalized spacial score (nSPS) is 23.0. The van der Waals surface area contributed by atoms with E-state index in [1.54, 1.807) is 6.92 Å². The predicted octanol–water partition coefficient (Wildman–Crippen LogP) is 2.40. The Labute approximate surface area is 120 Å². The summed E-state index contributed by atoms with van der Waals surface area (Å²) in [5.41, 5.74) is 12.0. The lowest BCUT2D eigenvalue weighted by Gasteiger charge is -2.30. The molecular weight excluding hydrogens is 252 g/mol. The van der Waals surface area contributed by atoms with E-state index in [4.69, 9.17) is 11.5 Å². The maximum absolute atomic E-state index is 11.3. The Morgan fingerprint density at radius 2 is 1.80 bits per heavy atom. The number of carbonyl (C=O) groups is 1. The van der Waals surface area contributed by atoms with Crippen molar-refractivity contribution in [3.63, 3.8) is 0 Å². The highest BCUT2D eigenvalue weighted by Gasteiger charge is 2.27. The highest BCUT2D eigenvalue weighted by atomic mass is 16.1. The van der Waals surface area contributed by atoms with Crippen molar-refractivity contribution in [2.75, 3.05) is 5.73 Å². The second kappa shape index (κ2) is 5.77. The van der Waals surface area contributed by atoms with Gasteiger partial charge in [-0.15, -0.1) is 0 Å². The summed E-state index contributed by atoms with van der Waals surface area (Å²) in [5.74, 6) is 2.32. The Morgan fingerprint density at radius 1 is 1.20 bits per heavy atom. The fourth-order valence-electron chi connectivity index (χ4n) is 3.15. The number of anilines is 1. The molecule has 1 aromatic heterocycles. The molecule has 0 bridgehead atoms. The zero-order valence-corrected chi connectivity index (χ0v) is 12.5. The molecule has 1 saturated carbocycles. The molecule has 1 heterocycles. The molecule has 20 heavy (non-hydrogen) atoms. The minimum Gasteiger partial charge on any atom is -0.383 e. The van der Waals surface area contributed by atoms with Crippen molar-refractivity contribution in [2.45, 2.75) is 52.4 Å². The molecule has 1 aromatic rings. The highest BCUT2D eigenvalue weighted by Crippen LogP contribution is 2.37. The van der Waals surface area contributed by atoms with Crippen LogP contribution in [0.5, 0.6) is 0 Å². The first-order chi connectivity index (χ1) is 9.40. The summed E-state index contributed by atoms with van der Waals surface area (Å²) in [6.45, 7) is 6.33. The average molecular weight is 276 g/mol. The number of aromatic nitrogens is 2. The van der Waals surface area contributed by atoms with Gasteiger partial charge in [-0.2, -0.15) is 0 Å². The van der Waals surface area contributed by atoms with Crippen molar-refractivity contribution < 1.29 is 4.79 Å². The molecule has 0 aromatic carbocycles. The lowest BCUT2D eigenvalue weighted by molar-refractivity contribution is 0.0999. The minimum atomic E-state index is -0.560. The van der Waals surface area contributed by atoms with Gasteiger partial charge in [0.2, 0.25) is 0 Å². The van der Waals surface area contributed by atoms with Crippen LogP contribution in [-0.2, 0) is 0 Å². The molecule has 2 rings (SSSR count). The molecule has 0 atom stereocenters. The summed E-state index contributed by atoms with van der Waals surface area (Å²) in [6.07, 6.45) is 4.61. The Balaban J connectivity index is 2.17. The quantitative estimate of drug-likeness (QED) is 0.886. The molecule has 4 N–H and O–H groups in total. The minimum absolute atomic E-state index is 0.214. The third-order valence-corrected chi connectivity index (χ3v) is 4.46. The monoisotopic (exact) mass is 276 g/mol. The number of hydrogen-bond acceptors (Lipinski definition) is 4. The molecule has 0 unspecified atom stereocenters. The topological polar surface area (TPSA) is 94.9 Å². The third-order valence-electron chi connectivity index (χ3n) is 4.46. The summed E-state index contributed by atoms with van der Waals surface area (Å²) in [7, 11) is 0. The summed E-state index contributed by atoms with van der Waals surface area (Å²) >= 11 is 0. The lowest BCUT2D eigenvalue weighted by atomic mass is 9.76. The lowest BCUT2D eigenvalue weighted by Crippen LogP contribution is -2.22. The van der Waals surface area contributed by atoms with Gasteiger partial charge < -0.3 is 11.5 Å². The molecule has 1 amide bonds. The molecule has 0 saturated heterocycles. The molecule has 1 aliphatic rings. The zero-order chi connectivity index (χ0) is 14.9. The van der Waals surface area contributed by atoms with E-state index in [0.29, 0.717) is 11.6 Å². The summed E-state index contributed by atoms with van der Waals surface area (Å²) < 4.78 is 0. The van der Waals surface area contributed by atoms with Crippen molar-refractivity contribution in [1.29, 1.82) is 0 Å². The van der Waals surface area contributed by atoms with E-state index >= 15 is 0 Å². The van der Waals surface area contributed by atoms with Gasteiger partial charge in [-0.3, -0.25) is 4.79 Å². The Kier molecular flexibility index (Phi) is 4.26. The van der Waals surface area contributed by atoms with Gasteiger partial charge in [0.1, 0.15) is 17.2 Å². The molecule has 5 heteroatoms. The number of carbonyl (C=O) groups excluding carboxylic acids is 1. The number of nitrogen functional groups attached to an aromatic ring is 1. The molecular formula is C15H24N4O. The van der Waals surface area contributed by atoms with Crippen LogP contribution in [0.25, 0.3) is 0 Å². The molecule has 0 radical (unpaired) electrons. The van der Waals surface area contributed by atoms with Crippen molar-refractivity contribution in [2.24, 2.45) is 17.6 Å². The second-order valence-electron chi connectivity index (χ2n) is 6.15. The van der Waals surface area contributed by atoms with Gasteiger partial charge in [0.25, 0.3) is 5.91 Å². The number of aryl methyl sites for hydroxylation is 1. The first-order valence-corrected chi connectivity index (χ1v) is 7.34. The van der Waals surface area contributed by atoms with Crippen LogP contribution in [0.2, 0.25) is 0 Å². The Hall–Kier alpha value is -1.65. The maximum atomic E-state index is 11.3. The van der Waals surface area contributed by atoms with Gasteiger partial charge in [-0.25, -0.2) is 9.97 Å². The van der Waals surface area contributed by atoms with Crippen LogP contribution in [0, 0.1) is 18.8 Å². The highest BCUT2D eigenvalue weighted by molar-refractivity contribution is 5.98. The number of amides is 1. The number of hydrogen-bond donors (Lipinski definition) is 2. The number of nitrogens with two attached hydrogens (primary N) is 2. The fourth-order valence-corrected chi connectivity index (χ4v) is 3.15. The van der Waals surface area contributed by atoms with Gasteiger partial charge in [0, 0.05) is 5.92 Å². The number of nitrogens with zero attached hydrogens (tertiary/aromatic N) is 2. The van der Waals surface area contributed by atoms with E-state index in [-0.39, 0.29) is 11.4 Å². The van der Waals surface area contributed by atoms with Crippen LogP contribution in [0.4, 0.5) is 5.82 Å². The Morgan fingerprint density at radius 3 is 2.25 bits per heavy atom. The largest absolute Gasteiger partial charge is 0.383 e. The number of rotatable bonds is 3. The van der Waals surface area contributed by atoms with Gasteiger partial charge in [-0.1, -0.05) is 13.8 Å². The third kappa shape index (κ3) is 2.92. The van der Waals surface area contributed by atoms with Crippen molar-refractivity contribution in [3.8, 4) is 0 Å². The molecule has 1 fully saturated rings. The van der Waals surface area contributed by atoms with Crippen LogP contribution in [-0.4, -0.2) is 15.9 Å². The van der Waals surface area contributed by atoms with Crippen molar-refractivity contribution >= 4 is 11.7 Å². The summed E-state index contributed by atoms with van der Waals surface area (Å²) in [6, 6.07) is 0. The smallest absolute Gasteiger partial charge is 0.254 e. The van der Waals surface area contributed by atoms with Gasteiger partial charge in [0.05, 0.1) is 5.69 Å². The molecule has 0 aliphatic heterocycles. The molecule has 110 valence electrons. The molecule has 1 aliphatic carbocycles. The molecule has 0 spiro atoms. The number of primary amides is 1. The first-order valence-electron chi connectivity index (χ1n) is 7.34. The van der Waals surface area contributed by atoms with E-state index in [1.165, 1.54) is 12.8 Å². The van der Waals surface area contributed by atoms with Gasteiger partial charge in [0.15, 0.2) is 0 Å². The van der Waals surface area contributed by atoms with E-state index in [1.807, 2.05) is 0 Å². The molecule has 5 nitrogen and oxygen atoms in total. The maximum Gasteiger partial charge on any atom is 0.254 e. The predicted molar refractivity (Wildman–Crippen MR) is 79.2 cm³/mol. The van der Waals surface area contributed by atoms with E-state index in [0.717, 1.165) is 30.5 Å². The SMILES string of the molecule is Cc1nc(C2CCC(C(C)C)CC2)nc(N)c1C(N)=O. The van der Waals surface area contributed by atoms with E-state index in [9.17, 15) is 4.79 Å². The average Bonchev–Trinajstić information content (AvgIpc) is 2.37. The van der Waals surface area contributed by atoms with E-state index in [2.05, 4.69) is 23.8 Å². The van der Waals surface area contributed by atoms with Crippen molar-refractivity contribution in [3.05, 3.63) is 17.1 Å². The van der Waals surface area contributed by atoms with Gasteiger partial charge >= 0.3 is 0 Å². The van der Waals surface area contributed by atoms with Crippen LogP contribution in [0.1, 0.15) is 67.3 Å². The summed E-state index contributed by atoms with van der Waals surface area (Å²) in [5, 5.41) is 0. The van der Waals surface area contributed by atoms with Crippen LogP contribution >= 0.6 is 0 Å². The van der Waals surface area contributed by atoms with Crippen molar-refractivity contribution in [1.82, 2.24) is 9.97 Å².